The maximum atomic E-state index is 12.4. The zero-order chi connectivity index (χ0) is 23.1. The van der Waals surface area contributed by atoms with E-state index in [2.05, 4.69) is 10.3 Å². The van der Waals surface area contributed by atoms with Crippen LogP contribution >= 0.6 is 11.8 Å². The number of ether oxygens (including phenoxy) is 3. The van der Waals surface area contributed by atoms with Crippen LogP contribution in [0.2, 0.25) is 0 Å². The van der Waals surface area contributed by atoms with Gasteiger partial charge >= 0.3 is 6.09 Å². The molecule has 174 valence electrons. The highest BCUT2D eigenvalue weighted by atomic mass is 32.2. The van der Waals surface area contributed by atoms with Gasteiger partial charge in [-0.05, 0) is 38.5 Å². The molecule has 2 saturated heterocycles. The van der Waals surface area contributed by atoms with E-state index in [1.807, 2.05) is 17.0 Å². The van der Waals surface area contributed by atoms with Crippen LogP contribution in [0.4, 0.5) is 4.79 Å². The van der Waals surface area contributed by atoms with Gasteiger partial charge in [-0.2, -0.15) is 4.99 Å². The number of thioether (sulfide) groups is 1. The van der Waals surface area contributed by atoms with E-state index in [4.69, 9.17) is 14.2 Å². The number of hydrogen-bond donors (Lipinski definition) is 1. The van der Waals surface area contributed by atoms with Gasteiger partial charge in [-0.1, -0.05) is 17.8 Å². The summed E-state index contributed by atoms with van der Waals surface area (Å²) in [6.45, 7) is 5.39. The van der Waals surface area contributed by atoms with Gasteiger partial charge in [-0.15, -0.1) is 0 Å². The van der Waals surface area contributed by atoms with Gasteiger partial charge in [0.05, 0.1) is 17.5 Å². The predicted octanol–water partition coefficient (Wildman–Crippen LogP) is 1.54. The zero-order valence-corrected chi connectivity index (χ0v) is 19.6. The molecule has 0 bridgehead atoms. The van der Waals surface area contributed by atoms with Crippen LogP contribution in [-0.2, 0) is 25.9 Å². The highest BCUT2D eigenvalue weighted by Crippen LogP contribution is 2.40. The molecule has 3 aliphatic rings. The zero-order valence-electron chi connectivity index (χ0n) is 18.0. The van der Waals surface area contributed by atoms with Crippen molar-refractivity contribution in [2.45, 2.75) is 44.2 Å². The molecule has 0 aliphatic carbocycles. The van der Waals surface area contributed by atoms with E-state index in [-0.39, 0.29) is 36.1 Å². The maximum absolute atomic E-state index is 12.4. The Bertz CT molecular complexity index is 1070. The van der Waals surface area contributed by atoms with Gasteiger partial charge in [-0.3, -0.25) is 4.79 Å². The Kier molecular flexibility index (Phi) is 6.01. The number of carbonyl (C=O) groups excluding carboxylic acids is 2. The van der Waals surface area contributed by atoms with Crippen LogP contribution in [0.15, 0.2) is 23.2 Å². The lowest BCUT2D eigenvalue weighted by atomic mass is 10.1. The molecule has 3 heterocycles. The minimum absolute atomic E-state index is 0.0125. The number of fused-ring (bicyclic) bond motifs is 2. The highest BCUT2D eigenvalue weighted by molar-refractivity contribution is 8.15. The van der Waals surface area contributed by atoms with E-state index >= 15 is 0 Å². The lowest BCUT2D eigenvalue weighted by Crippen LogP contribution is -2.38. The lowest BCUT2D eigenvalue weighted by Gasteiger charge is -2.24. The van der Waals surface area contributed by atoms with E-state index in [9.17, 15) is 18.0 Å². The third kappa shape index (κ3) is 5.29. The number of nitrogens with zero attached hydrogens (tertiary/aromatic N) is 2. The van der Waals surface area contributed by atoms with Crippen molar-refractivity contribution in [3.8, 4) is 11.5 Å². The minimum Gasteiger partial charge on any atom is -0.454 e. The van der Waals surface area contributed by atoms with E-state index in [0.717, 1.165) is 5.56 Å². The summed E-state index contributed by atoms with van der Waals surface area (Å²) in [6.07, 6.45) is -0.703. The van der Waals surface area contributed by atoms with E-state index in [1.54, 1.807) is 26.8 Å². The number of nitrogens with one attached hydrogen (secondary N) is 1. The molecule has 32 heavy (non-hydrogen) atoms. The van der Waals surface area contributed by atoms with Crippen LogP contribution in [0.5, 0.6) is 11.5 Å². The summed E-state index contributed by atoms with van der Waals surface area (Å²) < 4.78 is 40.2. The summed E-state index contributed by atoms with van der Waals surface area (Å²) in [4.78, 5) is 30.2. The molecule has 2 unspecified atom stereocenters. The Morgan fingerprint density at radius 3 is 2.75 bits per heavy atom. The monoisotopic (exact) mass is 483 g/mol. The predicted molar refractivity (Wildman–Crippen MR) is 119 cm³/mol. The number of amides is 2. The molecular weight excluding hydrogens is 458 g/mol. The van der Waals surface area contributed by atoms with Gasteiger partial charge in [0.15, 0.2) is 26.5 Å². The SMILES string of the molecule is CC(C)(C)OC(=O)NCC(=O)N=C1SC2CS(=O)(=O)CC2N1Cc1ccc2c(c1)OCO2. The molecule has 2 atom stereocenters. The Balaban J connectivity index is 1.48. The summed E-state index contributed by atoms with van der Waals surface area (Å²) in [5, 5.41) is 2.65. The Labute approximate surface area is 190 Å². The number of carbonyl (C=O) groups is 2. The lowest BCUT2D eigenvalue weighted by molar-refractivity contribution is -0.117. The average molecular weight is 484 g/mol. The van der Waals surface area contributed by atoms with Gasteiger partial charge in [0, 0.05) is 11.8 Å². The molecule has 0 radical (unpaired) electrons. The third-order valence-corrected chi connectivity index (χ3v) is 8.22. The minimum atomic E-state index is -3.15. The number of aliphatic imine (C=N–C) groups is 1. The van der Waals surface area contributed by atoms with Gasteiger partial charge in [-0.25, -0.2) is 13.2 Å². The molecule has 3 aliphatic heterocycles. The first-order valence-electron chi connectivity index (χ1n) is 10.1. The van der Waals surface area contributed by atoms with E-state index < -0.39 is 27.4 Å². The fourth-order valence-corrected chi connectivity index (χ4v) is 7.63. The summed E-state index contributed by atoms with van der Waals surface area (Å²) in [5.41, 5.74) is 0.205. The summed E-state index contributed by atoms with van der Waals surface area (Å²) in [5.74, 6) is 0.795. The molecular formula is C20H25N3O7S2. The van der Waals surface area contributed by atoms with E-state index in [0.29, 0.717) is 23.2 Å². The first kappa shape index (κ1) is 22.7. The molecule has 0 aromatic heterocycles. The van der Waals surface area contributed by atoms with Crippen LogP contribution in [0.1, 0.15) is 26.3 Å². The summed E-state index contributed by atoms with van der Waals surface area (Å²) >= 11 is 1.28. The quantitative estimate of drug-likeness (QED) is 0.679. The molecule has 12 heteroatoms. The second-order valence-corrected chi connectivity index (χ2v) is 12.1. The normalized spacial score (nSPS) is 24.5. The number of hydrogen-bond acceptors (Lipinski definition) is 8. The van der Waals surface area contributed by atoms with Gasteiger partial charge in [0.25, 0.3) is 5.91 Å². The first-order chi connectivity index (χ1) is 15.0. The smallest absolute Gasteiger partial charge is 0.408 e. The second-order valence-electron chi connectivity index (χ2n) is 8.76. The number of amidine groups is 1. The molecule has 1 aromatic carbocycles. The average Bonchev–Trinajstić information content (AvgIpc) is 3.32. The molecule has 4 rings (SSSR count). The number of rotatable bonds is 4. The van der Waals surface area contributed by atoms with Crippen molar-refractivity contribution in [2.75, 3.05) is 24.8 Å². The van der Waals surface area contributed by atoms with Gasteiger partial charge in [0.2, 0.25) is 6.79 Å². The molecule has 1 aromatic rings. The molecule has 10 nitrogen and oxygen atoms in total. The van der Waals surface area contributed by atoms with Crippen molar-refractivity contribution in [1.29, 1.82) is 0 Å². The summed E-state index contributed by atoms with van der Waals surface area (Å²) in [7, 11) is -3.15. The van der Waals surface area contributed by atoms with Crippen LogP contribution in [-0.4, -0.2) is 72.2 Å². The fourth-order valence-electron chi connectivity index (χ4n) is 3.66. The number of benzene rings is 1. The number of sulfone groups is 1. The topological polar surface area (TPSA) is 124 Å². The molecule has 0 spiro atoms. The Morgan fingerprint density at radius 2 is 2.00 bits per heavy atom. The van der Waals surface area contributed by atoms with Gasteiger partial charge < -0.3 is 24.4 Å². The van der Waals surface area contributed by atoms with Crippen molar-refractivity contribution in [1.82, 2.24) is 10.2 Å². The van der Waals surface area contributed by atoms with Crippen LogP contribution in [0.3, 0.4) is 0 Å². The van der Waals surface area contributed by atoms with Crippen molar-refractivity contribution < 1.29 is 32.2 Å². The third-order valence-electron chi connectivity index (χ3n) is 4.97. The van der Waals surface area contributed by atoms with Crippen molar-refractivity contribution in [3.05, 3.63) is 23.8 Å². The van der Waals surface area contributed by atoms with Crippen molar-refractivity contribution in [3.63, 3.8) is 0 Å². The second kappa shape index (κ2) is 8.47. The van der Waals surface area contributed by atoms with E-state index in [1.165, 1.54) is 11.8 Å². The molecule has 1 N–H and O–H groups in total. The Hall–Kier alpha value is -2.47. The van der Waals surface area contributed by atoms with Crippen molar-refractivity contribution in [2.24, 2.45) is 4.99 Å². The first-order valence-corrected chi connectivity index (χ1v) is 12.8. The van der Waals surface area contributed by atoms with Crippen LogP contribution in [0, 0.1) is 0 Å². The van der Waals surface area contributed by atoms with Crippen molar-refractivity contribution >= 4 is 38.8 Å². The highest BCUT2D eigenvalue weighted by Gasteiger charge is 2.48. The largest absolute Gasteiger partial charge is 0.454 e. The maximum Gasteiger partial charge on any atom is 0.408 e. The number of alkyl carbamates (subject to hydrolysis) is 1. The Morgan fingerprint density at radius 1 is 1.25 bits per heavy atom. The van der Waals surface area contributed by atoms with Crippen LogP contribution < -0.4 is 14.8 Å². The molecule has 0 saturated carbocycles. The molecule has 2 amide bonds. The molecule has 2 fully saturated rings. The van der Waals surface area contributed by atoms with Gasteiger partial charge in [0.1, 0.15) is 12.1 Å². The van der Waals surface area contributed by atoms with Crippen LogP contribution in [0.25, 0.3) is 0 Å². The fraction of sp³-hybridized carbons (Fsp3) is 0.550. The summed E-state index contributed by atoms with van der Waals surface area (Å²) in [6, 6.07) is 5.24. The standard InChI is InChI=1S/C20H25N3O7S2/c1-20(2,3)30-19(25)21-7-17(24)22-18-23(13-9-32(26,27)10-16(13)31-18)8-12-4-5-14-15(6-12)29-11-28-14/h4-6,13,16H,7-11H2,1-3H3,(H,21,25).